The molecule has 0 aliphatic rings. The van der Waals surface area contributed by atoms with Gasteiger partial charge in [-0.15, -0.1) is 0 Å². The summed E-state index contributed by atoms with van der Waals surface area (Å²) < 4.78 is 38.4. The largest absolute Gasteiger partial charge is 0.324 e. The zero-order valence-corrected chi connectivity index (χ0v) is 7.86. The number of benzene rings is 1. The molecule has 1 aromatic rings. The van der Waals surface area contributed by atoms with E-state index in [1.807, 2.05) is 6.92 Å². The molecule has 78 valence electrons. The second kappa shape index (κ2) is 4.46. The molecule has 0 spiro atoms. The molecule has 1 rings (SSSR count). The quantitative estimate of drug-likeness (QED) is 0.751. The minimum Gasteiger partial charge on any atom is -0.324 e. The molecule has 0 amide bonds. The lowest BCUT2D eigenvalue weighted by Crippen LogP contribution is -2.12. The Hall–Kier alpha value is -1.03. The predicted octanol–water partition coefficient (Wildman–Crippen LogP) is 2.90. The lowest BCUT2D eigenvalue weighted by atomic mass is 10.0. The molecule has 1 atom stereocenters. The Kier molecular flexibility index (Phi) is 3.52. The van der Waals surface area contributed by atoms with E-state index in [1.165, 1.54) is 0 Å². The van der Waals surface area contributed by atoms with E-state index in [4.69, 9.17) is 5.73 Å². The molecule has 2 N–H and O–H groups in total. The van der Waals surface area contributed by atoms with Crippen LogP contribution in [-0.2, 0) is 0 Å². The minimum absolute atomic E-state index is 0.0331. The normalized spacial score (nSPS) is 12.9. The average molecular weight is 203 g/mol. The maximum atomic E-state index is 13.1. The van der Waals surface area contributed by atoms with Crippen molar-refractivity contribution in [3.8, 4) is 0 Å². The van der Waals surface area contributed by atoms with Crippen molar-refractivity contribution in [3.63, 3.8) is 0 Å². The second-order valence-electron chi connectivity index (χ2n) is 3.18. The smallest absolute Gasteiger partial charge is 0.161 e. The molecule has 0 aliphatic carbocycles. The molecule has 0 fully saturated rings. The Balaban J connectivity index is 3.02. The number of hydrogen-bond acceptors (Lipinski definition) is 1. The molecule has 0 aliphatic heterocycles. The van der Waals surface area contributed by atoms with Gasteiger partial charge < -0.3 is 5.73 Å². The molecule has 14 heavy (non-hydrogen) atoms. The first-order valence-corrected chi connectivity index (χ1v) is 4.46. The van der Waals surface area contributed by atoms with Crippen molar-refractivity contribution >= 4 is 0 Å². The first kappa shape index (κ1) is 11.0. The maximum absolute atomic E-state index is 13.1. The lowest BCUT2D eigenvalue weighted by Gasteiger charge is -2.11. The summed E-state index contributed by atoms with van der Waals surface area (Å²) in [5.41, 5.74) is 5.63. The van der Waals surface area contributed by atoms with Crippen molar-refractivity contribution in [3.05, 3.63) is 35.1 Å². The molecule has 4 heteroatoms. The topological polar surface area (TPSA) is 26.0 Å². The summed E-state index contributed by atoms with van der Waals surface area (Å²) in [6.07, 6.45) is 1.31. The van der Waals surface area contributed by atoms with Gasteiger partial charge in [0.15, 0.2) is 11.6 Å². The van der Waals surface area contributed by atoms with E-state index < -0.39 is 23.5 Å². The van der Waals surface area contributed by atoms with Crippen LogP contribution < -0.4 is 5.73 Å². The van der Waals surface area contributed by atoms with E-state index in [2.05, 4.69) is 0 Å². The molecule has 1 aromatic carbocycles. The van der Waals surface area contributed by atoms with Crippen LogP contribution in [0.3, 0.4) is 0 Å². The second-order valence-corrected chi connectivity index (χ2v) is 3.18. The van der Waals surface area contributed by atoms with Crippen molar-refractivity contribution < 1.29 is 13.2 Å². The number of nitrogens with two attached hydrogens (primary N) is 1. The third-order valence-corrected chi connectivity index (χ3v) is 2.04. The standard InChI is InChI=1S/C10H12F3N/c1-2-3-10(14)6-4-8(12)9(13)5-7(6)11/h4-5,10H,2-3,14H2,1H3/t10-/m1/s1. The summed E-state index contributed by atoms with van der Waals surface area (Å²) in [5.74, 6) is -3.03. The van der Waals surface area contributed by atoms with E-state index in [9.17, 15) is 13.2 Å². The molecule has 0 heterocycles. The number of hydrogen-bond donors (Lipinski definition) is 1. The molecule has 0 aromatic heterocycles. The fourth-order valence-corrected chi connectivity index (χ4v) is 1.29. The van der Waals surface area contributed by atoms with Crippen LogP contribution in [0.25, 0.3) is 0 Å². The van der Waals surface area contributed by atoms with Gasteiger partial charge >= 0.3 is 0 Å². The molecule has 0 saturated carbocycles. The maximum Gasteiger partial charge on any atom is 0.161 e. The van der Waals surface area contributed by atoms with Gasteiger partial charge in [0, 0.05) is 17.7 Å². The van der Waals surface area contributed by atoms with Gasteiger partial charge in [0.05, 0.1) is 0 Å². The van der Waals surface area contributed by atoms with Crippen molar-refractivity contribution in [2.75, 3.05) is 0 Å². The van der Waals surface area contributed by atoms with Gasteiger partial charge in [-0.25, -0.2) is 13.2 Å². The number of halogens is 3. The molecule has 0 unspecified atom stereocenters. The Bertz CT molecular complexity index is 325. The predicted molar refractivity (Wildman–Crippen MR) is 48.2 cm³/mol. The first-order valence-electron chi connectivity index (χ1n) is 4.46. The third kappa shape index (κ3) is 2.26. The summed E-state index contributed by atoms with van der Waals surface area (Å²) in [6.45, 7) is 1.89. The van der Waals surface area contributed by atoms with Crippen LogP contribution in [0.15, 0.2) is 12.1 Å². The zero-order valence-electron chi connectivity index (χ0n) is 7.86. The Morgan fingerprint density at radius 1 is 1.14 bits per heavy atom. The van der Waals surface area contributed by atoms with Crippen molar-refractivity contribution in [1.82, 2.24) is 0 Å². The highest BCUT2D eigenvalue weighted by atomic mass is 19.2. The van der Waals surface area contributed by atoms with Crippen LogP contribution in [0, 0.1) is 17.5 Å². The van der Waals surface area contributed by atoms with Gasteiger partial charge in [-0.1, -0.05) is 13.3 Å². The average Bonchev–Trinajstić information content (AvgIpc) is 2.11. The van der Waals surface area contributed by atoms with E-state index in [-0.39, 0.29) is 5.56 Å². The van der Waals surface area contributed by atoms with Crippen LogP contribution in [0.1, 0.15) is 31.4 Å². The van der Waals surface area contributed by atoms with Crippen LogP contribution in [-0.4, -0.2) is 0 Å². The van der Waals surface area contributed by atoms with E-state index in [0.29, 0.717) is 12.5 Å². The van der Waals surface area contributed by atoms with Gasteiger partial charge in [0.25, 0.3) is 0 Å². The monoisotopic (exact) mass is 203 g/mol. The highest BCUT2D eigenvalue weighted by Gasteiger charge is 2.14. The van der Waals surface area contributed by atoms with Crippen LogP contribution in [0.2, 0.25) is 0 Å². The van der Waals surface area contributed by atoms with Gasteiger partial charge in [0.1, 0.15) is 5.82 Å². The third-order valence-electron chi connectivity index (χ3n) is 2.04. The number of rotatable bonds is 3. The zero-order chi connectivity index (χ0) is 10.7. The summed E-state index contributed by atoms with van der Waals surface area (Å²) in [5, 5.41) is 0. The molecular formula is C10H12F3N. The molecule has 0 saturated heterocycles. The molecule has 0 bridgehead atoms. The Morgan fingerprint density at radius 2 is 1.71 bits per heavy atom. The summed E-state index contributed by atoms with van der Waals surface area (Å²) in [4.78, 5) is 0. The van der Waals surface area contributed by atoms with E-state index in [1.54, 1.807) is 0 Å². The van der Waals surface area contributed by atoms with Crippen LogP contribution >= 0.6 is 0 Å². The Morgan fingerprint density at radius 3 is 2.29 bits per heavy atom. The van der Waals surface area contributed by atoms with Gasteiger partial charge in [-0.3, -0.25) is 0 Å². The van der Waals surface area contributed by atoms with Gasteiger partial charge in [0.2, 0.25) is 0 Å². The van der Waals surface area contributed by atoms with Crippen LogP contribution in [0.5, 0.6) is 0 Å². The summed E-state index contributed by atoms with van der Waals surface area (Å²) in [6, 6.07) is 0.778. The fourth-order valence-electron chi connectivity index (χ4n) is 1.29. The Labute approximate surface area is 80.7 Å². The van der Waals surface area contributed by atoms with Gasteiger partial charge in [-0.05, 0) is 12.5 Å². The minimum atomic E-state index is -1.19. The van der Waals surface area contributed by atoms with Crippen molar-refractivity contribution in [1.29, 1.82) is 0 Å². The molecular weight excluding hydrogens is 191 g/mol. The van der Waals surface area contributed by atoms with Crippen molar-refractivity contribution in [2.45, 2.75) is 25.8 Å². The highest BCUT2D eigenvalue weighted by molar-refractivity contribution is 5.23. The molecule has 0 radical (unpaired) electrons. The lowest BCUT2D eigenvalue weighted by molar-refractivity contribution is 0.480. The summed E-state index contributed by atoms with van der Waals surface area (Å²) in [7, 11) is 0. The van der Waals surface area contributed by atoms with E-state index >= 15 is 0 Å². The fraction of sp³-hybridized carbons (Fsp3) is 0.400. The van der Waals surface area contributed by atoms with E-state index in [0.717, 1.165) is 12.5 Å². The summed E-state index contributed by atoms with van der Waals surface area (Å²) >= 11 is 0. The first-order chi connectivity index (χ1) is 6.56. The van der Waals surface area contributed by atoms with Crippen LogP contribution in [0.4, 0.5) is 13.2 Å². The molecule has 1 nitrogen and oxygen atoms in total. The SMILES string of the molecule is CCC[C@@H](N)c1cc(F)c(F)cc1F. The van der Waals surface area contributed by atoms with Crippen molar-refractivity contribution in [2.24, 2.45) is 5.73 Å². The highest BCUT2D eigenvalue weighted by Crippen LogP contribution is 2.21. The van der Waals surface area contributed by atoms with Gasteiger partial charge in [-0.2, -0.15) is 0 Å².